The molecule has 3 heterocycles. The second-order valence-electron chi connectivity index (χ2n) is 14.5. The Kier molecular flexibility index (Phi) is 9.10. The molecule has 2 aliphatic heterocycles. The maximum Gasteiger partial charge on any atom is 0.301 e. The van der Waals surface area contributed by atoms with Gasteiger partial charge in [0, 0.05) is 52.5 Å². The van der Waals surface area contributed by atoms with E-state index in [0.717, 1.165) is 34.1 Å². The molecular weight excluding hydrogens is 756 g/mol. The van der Waals surface area contributed by atoms with Gasteiger partial charge in [0.25, 0.3) is 0 Å². The molecule has 2 aromatic carbocycles. The molecule has 57 heavy (non-hydrogen) atoms. The summed E-state index contributed by atoms with van der Waals surface area (Å²) in [7, 11) is 5.42. The molecule has 7 rings (SSSR count). The van der Waals surface area contributed by atoms with Crippen LogP contribution in [0.2, 0.25) is 0 Å². The van der Waals surface area contributed by atoms with Gasteiger partial charge >= 0.3 is 22.7 Å². The average Bonchev–Trinajstić information content (AvgIpc) is 3.81. The largest absolute Gasteiger partial charge is 0.463 e. The summed E-state index contributed by atoms with van der Waals surface area (Å²) in [4.78, 5) is 106. The maximum atomic E-state index is 14.5. The summed E-state index contributed by atoms with van der Waals surface area (Å²) in [5.41, 5.74) is -4.10. The van der Waals surface area contributed by atoms with Gasteiger partial charge in [0.2, 0.25) is 23.6 Å². The summed E-state index contributed by atoms with van der Waals surface area (Å²) in [6.07, 6.45) is 1.36. The monoisotopic (exact) mass is 788 g/mol. The number of anilines is 4. The Morgan fingerprint density at radius 3 is 1.51 bits per heavy atom. The number of hydrogen-bond donors (Lipinski definition) is 1. The van der Waals surface area contributed by atoms with Crippen LogP contribution in [0.4, 0.5) is 45.5 Å². The van der Waals surface area contributed by atoms with Gasteiger partial charge in [-0.25, -0.2) is 9.80 Å². The number of aliphatic hydroxyl groups excluding tert-OH is 1. The molecule has 6 unspecified atom stereocenters. The number of nitrogens with zero attached hydrogens (tertiary/aromatic N) is 8. The lowest BCUT2D eigenvalue weighted by molar-refractivity contribution is -0.392. The van der Waals surface area contributed by atoms with Crippen LogP contribution in [0.15, 0.2) is 52.5 Å². The van der Waals surface area contributed by atoms with E-state index in [4.69, 9.17) is 4.42 Å². The Morgan fingerprint density at radius 2 is 1.11 bits per heavy atom. The van der Waals surface area contributed by atoms with Gasteiger partial charge in [0.05, 0.1) is 60.7 Å². The number of imide groups is 2. The number of carbonyl (C=O) groups excluding carboxylic acids is 4. The van der Waals surface area contributed by atoms with Crippen molar-refractivity contribution < 1.29 is 48.4 Å². The molecule has 1 saturated carbocycles. The van der Waals surface area contributed by atoms with Crippen LogP contribution >= 0.6 is 0 Å². The van der Waals surface area contributed by atoms with Crippen LogP contribution in [-0.4, -0.2) is 76.6 Å². The molecule has 22 heteroatoms. The Morgan fingerprint density at radius 1 is 0.667 bits per heavy atom. The molecule has 296 valence electrons. The predicted octanol–water partition coefficient (Wildman–Crippen LogP) is 3.58. The van der Waals surface area contributed by atoms with E-state index in [1.807, 2.05) is 0 Å². The average molecular weight is 789 g/mol. The molecule has 3 fully saturated rings. The van der Waals surface area contributed by atoms with Crippen molar-refractivity contribution in [2.24, 2.45) is 29.6 Å². The molecule has 0 bridgehead atoms. The minimum Gasteiger partial charge on any atom is -0.463 e. The fourth-order valence-corrected chi connectivity index (χ4v) is 8.97. The summed E-state index contributed by atoms with van der Waals surface area (Å²) in [5.74, 6) is -10.0. The van der Waals surface area contributed by atoms with E-state index in [2.05, 4.69) is 0 Å². The number of nitro benzene ring substituents is 4. The molecule has 1 aromatic heterocycles. The van der Waals surface area contributed by atoms with E-state index in [0.29, 0.717) is 15.4 Å². The van der Waals surface area contributed by atoms with Gasteiger partial charge in [-0.1, -0.05) is 11.6 Å². The number of allylic oxidation sites excluding steroid dienone is 2. The number of carbonyl (C=O) groups is 4. The number of aliphatic hydroxyl groups is 1. The molecule has 4 amide bonds. The minimum atomic E-state index is -1.26. The summed E-state index contributed by atoms with van der Waals surface area (Å²) in [5, 5.41) is 58.3. The van der Waals surface area contributed by atoms with Gasteiger partial charge < -0.3 is 19.3 Å². The van der Waals surface area contributed by atoms with Gasteiger partial charge in [-0.05, 0) is 30.9 Å². The number of amides is 4. The maximum absolute atomic E-state index is 14.5. The predicted molar refractivity (Wildman–Crippen MR) is 195 cm³/mol. The number of nitro groups is 4. The topological polar surface area (TPSA) is 287 Å². The fraction of sp³-hybridized carbons (Fsp3) is 0.371. The van der Waals surface area contributed by atoms with Crippen LogP contribution in [0.5, 0.6) is 0 Å². The lowest BCUT2D eigenvalue weighted by Crippen LogP contribution is -2.43. The van der Waals surface area contributed by atoms with E-state index in [9.17, 15) is 64.7 Å². The first-order valence-electron chi connectivity index (χ1n) is 17.3. The number of benzene rings is 2. The zero-order chi connectivity index (χ0) is 41.5. The van der Waals surface area contributed by atoms with E-state index >= 15 is 0 Å². The molecule has 0 spiro atoms. The molecule has 3 aromatic rings. The molecule has 6 atom stereocenters. The van der Waals surface area contributed by atoms with Gasteiger partial charge in [0.1, 0.15) is 18.1 Å². The van der Waals surface area contributed by atoms with Crippen molar-refractivity contribution in [1.82, 2.24) is 0 Å². The van der Waals surface area contributed by atoms with Crippen molar-refractivity contribution in [3.05, 3.63) is 100 Å². The first-order chi connectivity index (χ1) is 26.9. The van der Waals surface area contributed by atoms with E-state index in [-0.39, 0.29) is 35.7 Å². The molecule has 2 saturated heterocycles. The zero-order valence-electron chi connectivity index (χ0n) is 30.5. The third kappa shape index (κ3) is 5.74. The highest BCUT2D eigenvalue weighted by molar-refractivity contribution is 6.24. The van der Waals surface area contributed by atoms with Crippen LogP contribution in [0.1, 0.15) is 30.3 Å². The van der Waals surface area contributed by atoms with Gasteiger partial charge in [-0.15, -0.1) is 0 Å². The van der Waals surface area contributed by atoms with Crippen molar-refractivity contribution in [3.63, 3.8) is 0 Å². The summed E-state index contributed by atoms with van der Waals surface area (Å²) in [6, 6.07) is 6.50. The summed E-state index contributed by atoms with van der Waals surface area (Å²) in [6.45, 7) is -0.536. The van der Waals surface area contributed by atoms with E-state index < -0.39 is 120 Å². The first kappa shape index (κ1) is 38.2. The Hall–Kier alpha value is -7.10. The number of furan rings is 1. The van der Waals surface area contributed by atoms with Crippen LogP contribution in [-0.2, 0) is 25.8 Å². The number of rotatable bonds is 10. The second kappa shape index (κ2) is 13.6. The van der Waals surface area contributed by atoms with Gasteiger partial charge in [-0.2, -0.15) is 0 Å². The molecular formula is C35H32N8O14. The smallest absolute Gasteiger partial charge is 0.301 e. The highest BCUT2D eigenvalue weighted by Crippen LogP contribution is 2.59. The highest BCUT2D eigenvalue weighted by Gasteiger charge is 2.63. The SMILES string of the molecule is CN(C)c1c([N+](=O)[O-])cc(N2C(=O)C3CC=C4C(CC5C(=O)N(c6cc([N+](=O)[O-])c(N(C)C)c([N+](=O)[O-])c6)C(=O)C5C4c4ccc(CO)o4)C3C2=O)cc1[N+](=O)[O-]. The van der Waals surface area contributed by atoms with E-state index in [1.54, 1.807) is 6.08 Å². The molecule has 22 nitrogen and oxygen atoms in total. The quantitative estimate of drug-likeness (QED) is 0.133. The molecule has 4 aliphatic rings. The van der Waals surface area contributed by atoms with Crippen LogP contribution in [0, 0.1) is 70.0 Å². The highest BCUT2D eigenvalue weighted by atomic mass is 16.6. The normalized spacial score (nSPS) is 23.8. The third-order valence-electron chi connectivity index (χ3n) is 11.1. The Bertz CT molecular complexity index is 2320. The number of fused-ring (bicyclic) bond motifs is 4. The van der Waals surface area contributed by atoms with Crippen LogP contribution < -0.4 is 19.6 Å². The Labute approximate surface area is 320 Å². The lowest BCUT2D eigenvalue weighted by Gasteiger charge is -2.43. The van der Waals surface area contributed by atoms with Crippen molar-refractivity contribution in [1.29, 1.82) is 0 Å². The lowest BCUT2D eigenvalue weighted by atomic mass is 9.58. The fourth-order valence-electron chi connectivity index (χ4n) is 8.97. The molecule has 2 aliphatic carbocycles. The standard InChI is InChI=1S/C35H32N8O14/c1-36(2)30-22(40(49)50)9-15(10-23(30)41(51)52)38-32(45)19-7-6-18-20(27(19)34(38)47)13-21-29(28(18)26-8-5-17(14-44)57-26)35(48)39(33(21)46)16-11-24(42(53)54)31(37(3)4)25(12-16)43(55)56/h5-6,8-12,19-21,27-29,44H,7,13-14H2,1-4H3. The minimum absolute atomic E-state index is 0.0742. The van der Waals surface area contributed by atoms with Gasteiger partial charge in [0.15, 0.2) is 11.4 Å². The first-order valence-corrected chi connectivity index (χ1v) is 17.3. The summed E-state index contributed by atoms with van der Waals surface area (Å²) < 4.78 is 5.90. The van der Waals surface area contributed by atoms with Crippen molar-refractivity contribution in [3.8, 4) is 0 Å². The second-order valence-corrected chi connectivity index (χ2v) is 14.5. The summed E-state index contributed by atoms with van der Waals surface area (Å²) >= 11 is 0. The number of hydrogen-bond acceptors (Lipinski definition) is 16. The Balaban J connectivity index is 1.35. The molecule has 0 radical (unpaired) electrons. The zero-order valence-corrected chi connectivity index (χ0v) is 30.5. The van der Waals surface area contributed by atoms with Crippen molar-refractivity contribution in [2.45, 2.75) is 25.4 Å². The molecule has 1 N–H and O–H groups in total. The van der Waals surface area contributed by atoms with Crippen molar-refractivity contribution >= 4 is 69.1 Å². The van der Waals surface area contributed by atoms with Crippen LogP contribution in [0.25, 0.3) is 0 Å². The van der Waals surface area contributed by atoms with E-state index in [1.165, 1.54) is 40.3 Å². The van der Waals surface area contributed by atoms with Gasteiger partial charge in [-0.3, -0.25) is 59.6 Å². The van der Waals surface area contributed by atoms with Crippen molar-refractivity contribution in [2.75, 3.05) is 47.8 Å². The van der Waals surface area contributed by atoms with Crippen LogP contribution in [0.3, 0.4) is 0 Å². The third-order valence-corrected chi connectivity index (χ3v) is 11.1.